The predicted molar refractivity (Wildman–Crippen MR) is 84.9 cm³/mol. The second-order valence-corrected chi connectivity index (χ2v) is 8.18. The van der Waals surface area contributed by atoms with Gasteiger partial charge in [-0.2, -0.15) is 0 Å². The average molecular weight is 308 g/mol. The molecule has 0 aliphatic heterocycles. The molecule has 0 unspecified atom stereocenters. The molecule has 2 fully saturated rings. The molecule has 0 radical (unpaired) electrons. The van der Waals surface area contributed by atoms with Crippen LogP contribution in [0.2, 0.25) is 0 Å². The molecular formula is C16H24N2O2S. The van der Waals surface area contributed by atoms with Crippen LogP contribution in [-0.4, -0.2) is 21.0 Å². The van der Waals surface area contributed by atoms with Gasteiger partial charge in [-0.3, -0.25) is 0 Å². The molecular weight excluding hydrogens is 284 g/mol. The van der Waals surface area contributed by atoms with Gasteiger partial charge in [0.2, 0.25) is 10.0 Å². The molecule has 0 atom stereocenters. The van der Waals surface area contributed by atoms with Crippen molar-refractivity contribution in [2.45, 2.75) is 56.4 Å². The van der Waals surface area contributed by atoms with E-state index in [0.29, 0.717) is 10.3 Å². The van der Waals surface area contributed by atoms with E-state index in [4.69, 9.17) is 0 Å². The van der Waals surface area contributed by atoms with Crippen LogP contribution in [0.5, 0.6) is 0 Å². The highest BCUT2D eigenvalue weighted by Crippen LogP contribution is 2.49. The third-order valence-electron chi connectivity index (χ3n) is 4.47. The highest BCUT2D eigenvalue weighted by atomic mass is 32.2. The Hall–Kier alpha value is -1.07. The van der Waals surface area contributed by atoms with Crippen molar-refractivity contribution in [1.82, 2.24) is 4.72 Å². The molecule has 1 aromatic rings. The summed E-state index contributed by atoms with van der Waals surface area (Å²) >= 11 is 0. The van der Waals surface area contributed by atoms with Gasteiger partial charge in [-0.15, -0.1) is 0 Å². The molecule has 0 amide bonds. The predicted octanol–water partition coefficient (Wildman–Crippen LogP) is 3.12. The maximum atomic E-state index is 12.4. The average Bonchev–Trinajstić information content (AvgIpc) is 3.36. The lowest BCUT2D eigenvalue weighted by Crippen LogP contribution is -2.27. The molecule has 2 aliphatic carbocycles. The second-order valence-electron chi connectivity index (χ2n) is 6.50. The van der Waals surface area contributed by atoms with Crippen molar-refractivity contribution in [3.63, 3.8) is 0 Å². The van der Waals surface area contributed by atoms with E-state index < -0.39 is 10.0 Å². The van der Waals surface area contributed by atoms with Gasteiger partial charge in [-0.05, 0) is 49.7 Å². The Morgan fingerprint density at radius 1 is 1.24 bits per heavy atom. The molecule has 2 N–H and O–H groups in total. The SMILES string of the molecule is CCCC1(CNc2ccccc2S(=O)(=O)NC2CC2)CC1. The van der Waals surface area contributed by atoms with Crippen LogP contribution in [0.25, 0.3) is 0 Å². The summed E-state index contributed by atoms with van der Waals surface area (Å²) < 4.78 is 27.6. The Morgan fingerprint density at radius 3 is 2.57 bits per heavy atom. The van der Waals surface area contributed by atoms with Crippen molar-refractivity contribution >= 4 is 15.7 Å². The summed E-state index contributed by atoms with van der Waals surface area (Å²) in [5.74, 6) is 0. The van der Waals surface area contributed by atoms with E-state index in [9.17, 15) is 8.42 Å². The van der Waals surface area contributed by atoms with E-state index in [1.165, 1.54) is 25.7 Å². The van der Waals surface area contributed by atoms with E-state index >= 15 is 0 Å². The molecule has 0 aromatic heterocycles. The van der Waals surface area contributed by atoms with Crippen molar-refractivity contribution in [3.8, 4) is 0 Å². The molecule has 0 heterocycles. The molecule has 0 bridgehead atoms. The lowest BCUT2D eigenvalue weighted by Gasteiger charge is -2.18. The molecule has 0 spiro atoms. The summed E-state index contributed by atoms with van der Waals surface area (Å²) in [6, 6.07) is 7.36. The van der Waals surface area contributed by atoms with Gasteiger partial charge >= 0.3 is 0 Å². The minimum absolute atomic E-state index is 0.137. The van der Waals surface area contributed by atoms with E-state index in [2.05, 4.69) is 17.0 Å². The topological polar surface area (TPSA) is 58.2 Å². The number of hydrogen-bond donors (Lipinski definition) is 2. The molecule has 1 aromatic carbocycles. The summed E-state index contributed by atoms with van der Waals surface area (Å²) in [7, 11) is -3.40. The third-order valence-corrected chi connectivity index (χ3v) is 6.05. The summed E-state index contributed by atoms with van der Waals surface area (Å²) in [6.07, 6.45) is 6.81. The molecule has 2 aliphatic rings. The Morgan fingerprint density at radius 2 is 1.95 bits per heavy atom. The molecule has 3 rings (SSSR count). The fraction of sp³-hybridized carbons (Fsp3) is 0.625. The number of nitrogens with one attached hydrogen (secondary N) is 2. The maximum absolute atomic E-state index is 12.4. The zero-order valence-corrected chi connectivity index (χ0v) is 13.4. The van der Waals surface area contributed by atoms with Crippen LogP contribution in [0.1, 0.15) is 45.4 Å². The van der Waals surface area contributed by atoms with Crippen molar-refractivity contribution in [1.29, 1.82) is 0 Å². The summed E-state index contributed by atoms with van der Waals surface area (Å²) in [4.78, 5) is 0.379. The molecule has 116 valence electrons. The van der Waals surface area contributed by atoms with Gasteiger partial charge in [0.1, 0.15) is 4.90 Å². The molecule has 21 heavy (non-hydrogen) atoms. The van der Waals surface area contributed by atoms with Gasteiger partial charge in [-0.25, -0.2) is 13.1 Å². The van der Waals surface area contributed by atoms with Crippen LogP contribution in [0.4, 0.5) is 5.69 Å². The van der Waals surface area contributed by atoms with Crippen molar-refractivity contribution in [3.05, 3.63) is 24.3 Å². The minimum Gasteiger partial charge on any atom is -0.383 e. The van der Waals surface area contributed by atoms with Crippen molar-refractivity contribution < 1.29 is 8.42 Å². The maximum Gasteiger partial charge on any atom is 0.242 e. The van der Waals surface area contributed by atoms with Gasteiger partial charge in [0.15, 0.2) is 0 Å². The Balaban J connectivity index is 1.73. The quantitative estimate of drug-likeness (QED) is 0.776. The number of anilines is 1. The van der Waals surface area contributed by atoms with Gasteiger partial charge < -0.3 is 5.32 Å². The smallest absolute Gasteiger partial charge is 0.242 e. The number of rotatable bonds is 8. The zero-order chi connectivity index (χ0) is 14.9. The van der Waals surface area contributed by atoms with Crippen LogP contribution in [0.3, 0.4) is 0 Å². The fourth-order valence-electron chi connectivity index (χ4n) is 2.84. The standard InChI is InChI=1S/C16H24N2O2S/c1-2-9-16(10-11-16)12-17-14-5-3-4-6-15(14)21(19,20)18-13-7-8-13/h3-6,13,17-18H,2,7-12H2,1H3. The normalized spacial score (nSPS) is 20.2. The van der Waals surface area contributed by atoms with E-state index in [0.717, 1.165) is 25.1 Å². The van der Waals surface area contributed by atoms with E-state index in [1.807, 2.05) is 12.1 Å². The highest BCUT2D eigenvalue weighted by molar-refractivity contribution is 7.89. The molecule has 2 saturated carbocycles. The lowest BCUT2D eigenvalue weighted by molar-refractivity contribution is 0.485. The number of sulfonamides is 1. The number of para-hydroxylation sites is 1. The first-order valence-corrected chi connectivity index (χ1v) is 9.38. The van der Waals surface area contributed by atoms with Gasteiger partial charge in [0, 0.05) is 12.6 Å². The number of benzene rings is 1. The minimum atomic E-state index is -3.40. The first-order chi connectivity index (χ1) is 10.0. The number of hydrogen-bond acceptors (Lipinski definition) is 3. The monoisotopic (exact) mass is 308 g/mol. The van der Waals surface area contributed by atoms with Crippen LogP contribution in [-0.2, 0) is 10.0 Å². The third kappa shape index (κ3) is 3.58. The molecule has 4 nitrogen and oxygen atoms in total. The lowest BCUT2D eigenvalue weighted by atomic mass is 10.0. The van der Waals surface area contributed by atoms with Crippen LogP contribution < -0.4 is 10.0 Å². The van der Waals surface area contributed by atoms with Crippen LogP contribution in [0, 0.1) is 5.41 Å². The molecule has 0 saturated heterocycles. The van der Waals surface area contributed by atoms with Crippen LogP contribution in [0.15, 0.2) is 29.2 Å². The summed E-state index contributed by atoms with van der Waals surface area (Å²) in [5.41, 5.74) is 1.13. The van der Waals surface area contributed by atoms with E-state index in [-0.39, 0.29) is 6.04 Å². The van der Waals surface area contributed by atoms with Gasteiger partial charge in [0.05, 0.1) is 5.69 Å². The van der Waals surface area contributed by atoms with Crippen molar-refractivity contribution in [2.75, 3.05) is 11.9 Å². The second kappa shape index (κ2) is 5.61. The first-order valence-electron chi connectivity index (χ1n) is 7.90. The van der Waals surface area contributed by atoms with Crippen molar-refractivity contribution in [2.24, 2.45) is 5.41 Å². The molecule has 5 heteroatoms. The fourth-order valence-corrected chi connectivity index (χ4v) is 4.33. The summed E-state index contributed by atoms with van der Waals surface area (Å²) in [6.45, 7) is 3.08. The Bertz CT molecular complexity index is 604. The summed E-state index contributed by atoms with van der Waals surface area (Å²) in [5, 5.41) is 3.38. The first kappa shape index (κ1) is 14.9. The van der Waals surface area contributed by atoms with Gasteiger partial charge in [-0.1, -0.05) is 25.5 Å². The van der Waals surface area contributed by atoms with Crippen LogP contribution >= 0.6 is 0 Å². The largest absolute Gasteiger partial charge is 0.383 e. The zero-order valence-electron chi connectivity index (χ0n) is 12.6. The van der Waals surface area contributed by atoms with Gasteiger partial charge in [0.25, 0.3) is 0 Å². The van der Waals surface area contributed by atoms with E-state index in [1.54, 1.807) is 12.1 Å². The Kier molecular flexibility index (Phi) is 3.97. The highest BCUT2D eigenvalue weighted by Gasteiger charge is 2.41. The Labute approximate surface area is 127 Å².